The first-order valence-electron chi connectivity index (χ1n) is 50.5. The van der Waals surface area contributed by atoms with Crippen molar-refractivity contribution in [3.8, 4) is 72.9 Å². The van der Waals surface area contributed by atoms with Gasteiger partial charge in [-0.2, -0.15) is 4.98 Å². The topological polar surface area (TPSA) is 112 Å². The van der Waals surface area contributed by atoms with Gasteiger partial charge in [0.15, 0.2) is 5.65 Å². The van der Waals surface area contributed by atoms with E-state index in [1.54, 1.807) is 0 Å². The quantitative estimate of drug-likeness (QED) is 0.0829. The van der Waals surface area contributed by atoms with Crippen LogP contribution in [0.3, 0.4) is 0 Å². The molecule has 0 aliphatic heterocycles. The van der Waals surface area contributed by atoms with E-state index in [1.807, 2.05) is 55.1 Å². The second-order valence-corrected chi connectivity index (χ2v) is 37.4. The molecule has 21 aromatic carbocycles. The summed E-state index contributed by atoms with van der Waals surface area (Å²) in [7, 11) is 0. The number of rotatable bonds is 18. The van der Waals surface area contributed by atoms with Gasteiger partial charge in [0, 0.05) is 135 Å². The highest BCUT2D eigenvalue weighted by Crippen LogP contribution is 2.47. The molecule has 0 bridgehead atoms. The molecule has 0 fully saturated rings. The Morgan fingerprint density at radius 2 is 0.413 bits per heavy atom. The van der Waals surface area contributed by atoms with Gasteiger partial charge in [-0.3, -0.25) is 19.3 Å². The van der Waals surface area contributed by atoms with Crippen LogP contribution in [-0.2, 0) is 0 Å². The summed E-state index contributed by atoms with van der Waals surface area (Å²) in [5, 5.41) is 12.7. The van der Waals surface area contributed by atoms with Crippen LogP contribution in [0.2, 0.25) is 0 Å². The molecule has 14 heteroatoms. The summed E-state index contributed by atoms with van der Waals surface area (Å²) in [5.41, 5.74) is 32.4. The molecule has 8 aromatic heterocycles. The molecule has 0 aliphatic rings. The van der Waals surface area contributed by atoms with Gasteiger partial charge in [-0.25, -0.2) is 24.9 Å². The minimum Gasteiger partial charge on any atom is -0.309 e. The van der Waals surface area contributed by atoms with Crippen LogP contribution < -0.4 is 14.7 Å². The summed E-state index contributed by atoms with van der Waals surface area (Å²) < 4.78 is 11.5. The number of hydrogen-bond donors (Lipinski definition) is 0. The molecular weight excluding hydrogens is 1830 g/mol. The van der Waals surface area contributed by atoms with Crippen molar-refractivity contribution in [2.24, 2.45) is 0 Å². The van der Waals surface area contributed by atoms with Gasteiger partial charge in [0.25, 0.3) is 0 Å². The fourth-order valence-electron chi connectivity index (χ4n) is 21.6. The van der Waals surface area contributed by atoms with Crippen molar-refractivity contribution in [2.75, 3.05) is 14.7 Å². The summed E-state index contributed by atoms with van der Waals surface area (Å²) in [6.07, 6.45) is 7.80. The van der Waals surface area contributed by atoms with Crippen LogP contribution in [-0.4, -0.2) is 52.7 Å². The van der Waals surface area contributed by atoms with Crippen molar-refractivity contribution < 1.29 is 0 Å². The molecule has 14 nitrogen and oxygen atoms in total. The van der Waals surface area contributed by atoms with E-state index in [9.17, 15) is 0 Å². The molecule has 0 saturated heterocycles. The Bertz CT molecular complexity index is 9880. The lowest BCUT2D eigenvalue weighted by Crippen LogP contribution is -2.14. The number of anilines is 9. The number of nitrogens with zero attached hydrogens (tertiary/aromatic N) is 14. The van der Waals surface area contributed by atoms with Crippen molar-refractivity contribution in [2.45, 2.75) is 0 Å². The standard InChI is InChI=1S/2C46H31N5.C44H30N4/c1-4-14-32(15-5-1)33-24-26-36(27-25-33)49(37-28-29-44-40(30-37)38-20-10-12-22-42(38)50(44)34-16-6-2-7-17-34)46-47-31-41-39-21-11-13-23-43(39)51(45(41)48-46)35-18-8-3-9-19-35;1-4-14-32(15-5-1)33-24-26-36(27-25-33)49(37-28-29-43-40(30-37)38-20-10-12-22-41(38)50(43)34-16-6-2-7-17-34)46-47-31-44-45(48-46)39-21-11-13-23-42(39)51(44)35-18-8-3-9-19-35;1-3-11-31(12-4-1)33-21-23-38(24-22-33)47(44-45-29-36(30-46-44)35-20-19-32-13-7-8-14-34(32)27-35)39-25-26-43-41(28-39)40-17-9-10-18-42(40)48(43)37-15-5-2-6-16-37/h2*1-31H;1-30H. The normalized spacial score (nSPS) is 11.5. The van der Waals surface area contributed by atoms with Crippen molar-refractivity contribution in [1.29, 1.82) is 0 Å². The van der Waals surface area contributed by atoms with Crippen molar-refractivity contribution in [3.63, 3.8) is 0 Å². The summed E-state index contributed by atoms with van der Waals surface area (Å²) in [6, 6.07) is 188. The smallest absolute Gasteiger partial charge is 0.236 e. The first-order valence-corrected chi connectivity index (χ1v) is 50.5. The number of fused-ring (bicyclic) bond motifs is 16. The van der Waals surface area contributed by atoms with Gasteiger partial charge in [0.05, 0.1) is 55.8 Å². The second kappa shape index (κ2) is 38.3. The monoisotopic (exact) mass is 1920 g/mol. The average Bonchev–Trinajstić information content (AvgIpc) is 1.59. The van der Waals surface area contributed by atoms with Crippen LogP contribution in [0.25, 0.3) is 193 Å². The number of hydrogen-bond acceptors (Lipinski definition) is 9. The zero-order valence-corrected chi connectivity index (χ0v) is 81.4. The second-order valence-electron chi connectivity index (χ2n) is 37.4. The first-order chi connectivity index (χ1) is 74.4. The van der Waals surface area contributed by atoms with Crippen molar-refractivity contribution >= 4 is 172 Å². The zero-order chi connectivity index (χ0) is 99.3. The lowest BCUT2D eigenvalue weighted by Gasteiger charge is -2.24. The van der Waals surface area contributed by atoms with Gasteiger partial charge in [-0.05, 0) is 238 Å². The lowest BCUT2D eigenvalue weighted by molar-refractivity contribution is 1.07. The summed E-state index contributed by atoms with van der Waals surface area (Å²) >= 11 is 0. The Labute approximate surface area is 865 Å². The van der Waals surface area contributed by atoms with Gasteiger partial charge in [0.2, 0.25) is 17.8 Å². The van der Waals surface area contributed by atoms with Gasteiger partial charge in [-0.1, -0.05) is 346 Å². The third-order valence-electron chi connectivity index (χ3n) is 28.6. The maximum Gasteiger partial charge on any atom is 0.236 e. The molecule has 0 N–H and O–H groups in total. The Morgan fingerprint density at radius 3 is 0.807 bits per heavy atom. The minimum atomic E-state index is 0.598. The molecule has 8 heterocycles. The van der Waals surface area contributed by atoms with Crippen LogP contribution in [0.4, 0.5) is 52.0 Å². The maximum atomic E-state index is 5.39. The highest BCUT2D eigenvalue weighted by atomic mass is 15.3. The fourth-order valence-corrected chi connectivity index (χ4v) is 21.6. The highest BCUT2D eigenvalue weighted by Gasteiger charge is 2.28. The van der Waals surface area contributed by atoms with E-state index in [0.717, 1.165) is 156 Å². The molecule has 0 aliphatic carbocycles. The van der Waals surface area contributed by atoms with Crippen LogP contribution in [0.5, 0.6) is 0 Å². The highest BCUT2D eigenvalue weighted by molar-refractivity contribution is 6.15. The van der Waals surface area contributed by atoms with Gasteiger partial charge < -0.3 is 18.3 Å². The van der Waals surface area contributed by atoms with Crippen LogP contribution in [0, 0.1) is 0 Å². The molecule has 706 valence electrons. The molecule has 0 amide bonds. The number of aromatic nitrogens is 11. The summed E-state index contributed by atoms with van der Waals surface area (Å²) in [6.45, 7) is 0. The molecule has 29 aromatic rings. The maximum absolute atomic E-state index is 5.39. The first kappa shape index (κ1) is 88.5. The Morgan fingerprint density at radius 1 is 0.147 bits per heavy atom. The van der Waals surface area contributed by atoms with E-state index in [1.165, 1.54) is 70.9 Å². The molecule has 29 rings (SSSR count). The Hall–Kier alpha value is -20.5. The third kappa shape index (κ3) is 16.1. The van der Waals surface area contributed by atoms with Crippen molar-refractivity contribution in [3.05, 3.63) is 559 Å². The minimum absolute atomic E-state index is 0.598. The molecule has 0 spiro atoms. The fraction of sp³-hybridized carbons (Fsp3) is 0. The molecule has 0 unspecified atom stereocenters. The SMILES string of the molecule is c1ccc(-c2ccc(N(c3ccc4c(c3)c3ccccc3n4-c3ccccc3)c3ncc(-c4ccc5ccccc5c4)cn3)cc2)cc1.c1ccc(-c2ccc(N(c3ccc4c(c3)c3ccccc3n4-c3ccccc3)c3ncc4c(n3)c3ccccc3n4-c3ccccc3)cc2)cc1.c1ccc(-c2ccc(N(c3ccc4c(c3)c3ccccc3n4-c3ccccc3)c3ncc4c5ccccc5n(-c5ccccc5)c4n3)cc2)cc1. The Kier molecular flexibility index (Phi) is 22.6. The van der Waals surface area contributed by atoms with Crippen LogP contribution >= 0.6 is 0 Å². The molecule has 150 heavy (non-hydrogen) atoms. The molecule has 0 atom stereocenters. The van der Waals surface area contributed by atoms with Gasteiger partial charge >= 0.3 is 0 Å². The zero-order valence-electron chi connectivity index (χ0n) is 81.4. The van der Waals surface area contributed by atoms with E-state index < -0.39 is 0 Å². The molecule has 0 radical (unpaired) electrons. The van der Waals surface area contributed by atoms with Crippen LogP contribution in [0.15, 0.2) is 559 Å². The molecule has 0 saturated carbocycles. The largest absolute Gasteiger partial charge is 0.309 e. The predicted octanol–water partition coefficient (Wildman–Crippen LogP) is 35.1. The van der Waals surface area contributed by atoms with E-state index in [4.69, 9.17) is 29.9 Å². The third-order valence-corrected chi connectivity index (χ3v) is 28.6. The van der Waals surface area contributed by atoms with E-state index in [-0.39, 0.29) is 0 Å². The van der Waals surface area contributed by atoms with Gasteiger partial charge in [-0.15, -0.1) is 0 Å². The lowest BCUT2D eigenvalue weighted by atomic mass is 10.0. The van der Waals surface area contributed by atoms with E-state index >= 15 is 0 Å². The number of para-hydroxylation sites is 10. The summed E-state index contributed by atoms with van der Waals surface area (Å²) in [4.78, 5) is 37.4. The molecular formula is C136H92N14. The average molecular weight is 1920 g/mol. The summed E-state index contributed by atoms with van der Waals surface area (Å²) in [5.74, 6) is 1.82. The van der Waals surface area contributed by atoms with E-state index in [2.05, 4.69) is 541 Å². The Balaban J connectivity index is 0.000000111. The van der Waals surface area contributed by atoms with Crippen molar-refractivity contribution in [1.82, 2.24) is 52.7 Å². The predicted molar refractivity (Wildman–Crippen MR) is 621 cm³/mol. The number of benzene rings is 21. The van der Waals surface area contributed by atoms with Gasteiger partial charge in [0.1, 0.15) is 5.52 Å². The van der Waals surface area contributed by atoms with Crippen LogP contribution in [0.1, 0.15) is 0 Å². The van der Waals surface area contributed by atoms with E-state index in [0.29, 0.717) is 17.8 Å².